The molecule has 2 rings (SSSR count). The van der Waals surface area contributed by atoms with Gasteiger partial charge < -0.3 is 4.90 Å². The average Bonchev–Trinajstić information content (AvgIpc) is 2.18. The highest BCUT2D eigenvalue weighted by atomic mass is 16.2. The number of rotatable bonds is 0. The molecule has 74 valence electrons. The molecule has 1 amide bonds. The first kappa shape index (κ1) is 9.25. The smallest absolute Gasteiger partial charge is 0.223 e. The van der Waals surface area contributed by atoms with Crippen molar-refractivity contribution in [3.63, 3.8) is 0 Å². The van der Waals surface area contributed by atoms with E-state index in [4.69, 9.17) is 0 Å². The second-order valence-electron chi connectivity index (χ2n) is 3.92. The zero-order chi connectivity index (χ0) is 10.1. The lowest BCUT2D eigenvalue weighted by molar-refractivity contribution is -0.116. The van der Waals surface area contributed by atoms with Crippen molar-refractivity contribution in [2.24, 2.45) is 0 Å². The van der Waals surface area contributed by atoms with Crippen LogP contribution in [0.3, 0.4) is 0 Å². The number of nitrogens with zero attached hydrogens (tertiary/aromatic N) is 1. The SMILES string of the molecule is CC(=O)N1CC[C@H](C)c2ccccc21. The lowest BCUT2D eigenvalue weighted by Gasteiger charge is -2.32. The van der Waals surface area contributed by atoms with Gasteiger partial charge in [-0.2, -0.15) is 0 Å². The monoisotopic (exact) mass is 189 g/mol. The number of carbonyl (C=O) groups is 1. The number of para-hydroxylation sites is 1. The Hall–Kier alpha value is -1.31. The molecule has 0 bridgehead atoms. The number of hydrogen-bond donors (Lipinski definition) is 0. The van der Waals surface area contributed by atoms with Crippen LogP contribution in [0.4, 0.5) is 5.69 Å². The molecule has 1 atom stereocenters. The van der Waals surface area contributed by atoms with Crippen molar-refractivity contribution >= 4 is 11.6 Å². The average molecular weight is 189 g/mol. The van der Waals surface area contributed by atoms with E-state index in [0.29, 0.717) is 5.92 Å². The summed E-state index contributed by atoms with van der Waals surface area (Å²) in [6, 6.07) is 8.19. The lowest BCUT2D eigenvalue weighted by atomic mass is 9.91. The minimum Gasteiger partial charge on any atom is -0.312 e. The van der Waals surface area contributed by atoms with Gasteiger partial charge in [0.2, 0.25) is 5.91 Å². The second kappa shape index (κ2) is 3.45. The van der Waals surface area contributed by atoms with Crippen LogP contribution in [0.2, 0.25) is 0 Å². The van der Waals surface area contributed by atoms with Gasteiger partial charge in [-0.15, -0.1) is 0 Å². The maximum Gasteiger partial charge on any atom is 0.223 e. The van der Waals surface area contributed by atoms with Crippen LogP contribution < -0.4 is 4.90 Å². The molecule has 1 aromatic rings. The highest BCUT2D eigenvalue weighted by Crippen LogP contribution is 2.34. The molecule has 0 saturated heterocycles. The summed E-state index contributed by atoms with van der Waals surface area (Å²) in [5.74, 6) is 0.714. The van der Waals surface area contributed by atoms with Crippen molar-refractivity contribution in [2.75, 3.05) is 11.4 Å². The number of carbonyl (C=O) groups excluding carboxylic acids is 1. The van der Waals surface area contributed by atoms with Gasteiger partial charge in [-0.1, -0.05) is 25.1 Å². The Balaban J connectivity index is 2.46. The Labute approximate surface area is 84.5 Å². The summed E-state index contributed by atoms with van der Waals surface area (Å²) >= 11 is 0. The summed E-state index contributed by atoms with van der Waals surface area (Å²) in [4.78, 5) is 13.3. The molecule has 1 aliphatic heterocycles. The molecule has 1 heterocycles. The van der Waals surface area contributed by atoms with E-state index in [1.807, 2.05) is 23.1 Å². The van der Waals surface area contributed by atoms with Gasteiger partial charge in [0.1, 0.15) is 0 Å². The maximum atomic E-state index is 11.4. The van der Waals surface area contributed by atoms with Crippen molar-refractivity contribution in [1.29, 1.82) is 0 Å². The van der Waals surface area contributed by atoms with Crippen LogP contribution in [-0.4, -0.2) is 12.5 Å². The van der Waals surface area contributed by atoms with Gasteiger partial charge in [-0.3, -0.25) is 4.79 Å². The summed E-state index contributed by atoms with van der Waals surface area (Å²) in [5.41, 5.74) is 2.40. The lowest BCUT2D eigenvalue weighted by Crippen LogP contribution is -2.34. The highest BCUT2D eigenvalue weighted by Gasteiger charge is 2.23. The topological polar surface area (TPSA) is 20.3 Å². The van der Waals surface area contributed by atoms with Gasteiger partial charge in [0.05, 0.1) is 0 Å². The standard InChI is InChI=1S/C12H15NO/c1-9-7-8-13(10(2)14)12-6-4-3-5-11(9)12/h3-6,9H,7-8H2,1-2H3/t9-/m0/s1. The predicted octanol–water partition coefficient (Wildman–Crippen LogP) is 2.55. The molecule has 1 aromatic carbocycles. The first-order valence-corrected chi connectivity index (χ1v) is 5.07. The van der Waals surface area contributed by atoms with E-state index < -0.39 is 0 Å². The molecule has 0 saturated carbocycles. The molecule has 0 unspecified atom stereocenters. The maximum absolute atomic E-state index is 11.4. The zero-order valence-corrected chi connectivity index (χ0v) is 8.66. The number of anilines is 1. The molecule has 0 spiro atoms. The van der Waals surface area contributed by atoms with Crippen LogP contribution in [0, 0.1) is 0 Å². The molecule has 0 aromatic heterocycles. The van der Waals surface area contributed by atoms with Gasteiger partial charge >= 0.3 is 0 Å². The summed E-state index contributed by atoms with van der Waals surface area (Å²) in [6.07, 6.45) is 1.07. The quantitative estimate of drug-likeness (QED) is 0.614. The van der Waals surface area contributed by atoms with Gasteiger partial charge in [-0.05, 0) is 24.0 Å². The third-order valence-electron chi connectivity index (χ3n) is 2.92. The van der Waals surface area contributed by atoms with E-state index in [2.05, 4.69) is 13.0 Å². The van der Waals surface area contributed by atoms with Gasteiger partial charge in [0.25, 0.3) is 0 Å². The van der Waals surface area contributed by atoms with Crippen molar-refractivity contribution < 1.29 is 4.79 Å². The molecule has 1 aliphatic rings. The first-order chi connectivity index (χ1) is 6.70. The van der Waals surface area contributed by atoms with E-state index >= 15 is 0 Å². The third-order valence-corrected chi connectivity index (χ3v) is 2.92. The van der Waals surface area contributed by atoms with E-state index in [-0.39, 0.29) is 5.91 Å². The largest absolute Gasteiger partial charge is 0.312 e. The molecular formula is C12H15NO. The fraction of sp³-hybridized carbons (Fsp3) is 0.417. The molecule has 0 aliphatic carbocycles. The van der Waals surface area contributed by atoms with Crippen molar-refractivity contribution in [2.45, 2.75) is 26.2 Å². The fourth-order valence-electron chi connectivity index (χ4n) is 2.08. The normalized spacial score (nSPS) is 20.4. The van der Waals surface area contributed by atoms with Gasteiger partial charge in [0, 0.05) is 19.2 Å². The van der Waals surface area contributed by atoms with Crippen LogP contribution >= 0.6 is 0 Å². The number of fused-ring (bicyclic) bond motifs is 1. The summed E-state index contributed by atoms with van der Waals surface area (Å²) in [5, 5.41) is 0. The summed E-state index contributed by atoms with van der Waals surface area (Å²) in [6.45, 7) is 4.70. The van der Waals surface area contributed by atoms with Crippen LogP contribution in [-0.2, 0) is 4.79 Å². The van der Waals surface area contributed by atoms with Crippen molar-refractivity contribution in [3.05, 3.63) is 29.8 Å². The fourth-order valence-corrected chi connectivity index (χ4v) is 2.08. The van der Waals surface area contributed by atoms with Crippen LogP contribution in [0.15, 0.2) is 24.3 Å². The highest BCUT2D eigenvalue weighted by molar-refractivity contribution is 5.92. The van der Waals surface area contributed by atoms with Crippen LogP contribution in [0.5, 0.6) is 0 Å². The van der Waals surface area contributed by atoms with E-state index in [9.17, 15) is 4.79 Å². The van der Waals surface area contributed by atoms with Crippen LogP contribution in [0.1, 0.15) is 31.7 Å². The Morgan fingerprint density at radius 1 is 1.43 bits per heavy atom. The Morgan fingerprint density at radius 2 is 2.14 bits per heavy atom. The molecule has 2 heteroatoms. The van der Waals surface area contributed by atoms with E-state index in [0.717, 1.165) is 18.7 Å². The molecular weight excluding hydrogens is 174 g/mol. The Kier molecular flexibility index (Phi) is 2.28. The van der Waals surface area contributed by atoms with Gasteiger partial charge in [-0.25, -0.2) is 0 Å². The predicted molar refractivity (Wildman–Crippen MR) is 57.5 cm³/mol. The number of amides is 1. The summed E-state index contributed by atoms with van der Waals surface area (Å²) in [7, 11) is 0. The van der Waals surface area contributed by atoms with Gasteiger partial charge in [0.15, 0.2) is 0 Å². The van der Waals surface area contributed by atoms with Crippen molar-refractivity contribution in [1.82, 2.24) is 0 Å². The van der Waals surface area contributed by atoms with Crippen LogP contribution in [0.25, 0.3) is 0 Å². The molecule has 0 radical (unpaired) electrons. The number of benzene rings is 1. The molecule has 0 N–H and O–H groups in total. The summed E-state index contributed by atoms with van der Waals surface area (Å²) < 4.78 is 0. The first-order valence-electron chi connectivity index (χ1n) is 5.07. The van der Waals surface area contributed by atoms with E-state index in [1.165, 1.54) is 5.56 Å². The Morgan fingerprint density at radius 3 is 2.86 bits per heavy atom. The molecule has 0 fully saturated rings. The molecule has 14 heavy (non-hydrogen) atoms. The third kappa shape index (κ3) is 1.41. The van der Waals surface area contributed by atoms with Crippen molar-refractivity contribution in [3.8, 4) is 0 Å². The minimum absolute atomic E-state index is 0.143. The second-order valence-corrected chi connectivity index (χ2v) is 3.92. The Bertz CT molecular complexity index is 359. The molecule has 2 nitrogen and oxygen atoms in total. The number of hydrogen-bond acceptors (Lipinski definition) is 1. The zero-order valence-electron chi connectivity index (χ0n) is 8.66. The van der Waals surface area contributed by atoms with E-state index in [1.54, 1.807) is 6.92 Å². The minimum atomic E-state index is 0.143.